The molecule has 7 heteroatoms. The van der Waals surface area contributed by atoms with Gasteiger partial charge in [-0.15, -0.1) is 0 Å². The number of benzene rings is 1. The summed E-state index contributed by atoms with van der Waals surface area (Å²) in [7, 11) is 0. The van der Waals surface area contributed by atoms with E-state index in [1.807, 2.05) is 0 Å². The molecular formula is C19H22FN3O3. The predicted molar refractivity (Wildman–Crippen MR) is 93.7 cm³/mol. The number of aromatic nitrogens is 1. The SMILES string of the molecule is CC(=O)N1CCCN(C(=O)CCc2ncc(-c3ccccc3F)o2)CC1. The third kappa shape index (κ3) is 4.28. The molecule has 0 N–H and O–H groups in total. The minimum Gasteiger partial charge on any atom is -0.441 e. The lowest BCUT2D eigenvalue weighted by atomic mass is 10.2. The highest BCUT2D eigenvalue weighted by Gasteiger charge is 2.20. The lowest BCUT2D eigenvalue weighted by molar-refractivity contribution is -0.132. The molecule has 1 aliphatic heterocycles. The zero-order valence-electron chi connectivity index (χ0n) is 14.8. The molecule has 2 amide bonds. The summed E-state index contributed by atoms with van der Waals surface area (Å²) in [4.78, 5) is 31.6. The Morgan fingerprint density at radius 1 is 1.15 bits per heavy atom. The highest BCUT2D eigenvalue weighted by atomic mass is 19.1. The second kappa shape index (κ2) is 8.12. The Balaban J connectivity index is 1.55. The van der Waals surface area contributed by atoms with E-state index in [9.17, 15) is 14.0 Å². The third-order valence-corrected chi connectivity index (χ3v) is 4.54. The monoisotopic (exact) mass is 359 g/mol. The first-order valence-corrected chi connectivity index (χ1v) is 8.77. The molecule has 0 unspecified atom stereocenters. The molecule has 1 aliphatic rings. The molecule has 1 saturated heterocycles. The van der Waals surface area contributed by atoms with E-state index in [-0.39, 0.29) is 24.1 Å². The van der Waals surface area contributed by atoms with Crippen LogP contribution in [0, 0.1) is 5.82 Å². The van der Waals surface area contributed by atoms with Gasteiger partial charge in [0.05, 0.1) is 11.8 Å². The molecule has 2 heterocycles. The second-order valence-corrected chi connectivity index (χ2v) is 6.34. The molecule has 0 spiro atoms. The van der Waals surface area contributed by atoms with Crippen LogP contribution in [0.1, 0.15) is 25.7 Å². The number of aryl methyl sites for hydroxylation is 1. The number of nitrogens with zero attached hydrogens (tertiary/aromatic N) is 3. The van der Waals surface area contributed by atoms with E-state index < -0.39 is 0 Å². The third-order valence-electron chi connectivity index (χ3n) is 4.54. The number of carbonyl (C=O) groups is 2. The van der Waals surface area contributed by atoms with Crippen LogP contribution in [0.15, 0.2) is 34.9 Å². The van der Waals surface area contributed by atoms with Crippen molar-refractivity contribution in [3.63, 3.8) is 0 Å². The molecule has 1 aromatic carbocycles. The summed E-state index contributed by atoms with van der Waals surface area (Å²) in [5.41, 5.74) is 0.356. The maximum absolute atomic E-state index is 13.8. The Bertz CT molecular complexity index is 790. The van der Waals surface area contributed by atoms with Crippen molar-refractivity contribution >= 4 is 11.8 Å². The van der Waals surface area contributed by atoms with Crippen molar-refractivity contribution < 1.29 is 18.4 Å². The van der Waals surface area contributed by atoms with Crippen molar-refractivity contribution in [2.45, 2.75) is 26.2 Å². The van der Waals surface area contributed by atoms with E-state index in [0.29, 0.717) is 49.8 Å². The molecule has 26 heavy (non-hydrogen) atoms. The van der Waals surface area contributed by atoms with Gasteiger partial charge in [-0.3, -0.25) is 9.59 Å². The quantitative estimate of drug-likeness (QED) is 0.841. The van der Waals surface area contributed by atoms with Crippen LogP contribution in [-0.4, -0.2) is 52.8 Å². The molecule has 1 fully saturated rings. The Labute approximate surface area is 151 Å². The molecular weight excluding hydrogens is 337 g/mol. The van der Waals surface area contributed by atoms with E-state index in [4.69, 9.17) is 4.42 Å². The van der Waals surface area contributed by atoms with Crippen LogP contribution in [-0.2, 0) is 16.0 Å². The van der Waals surface area contributed by atoms with Gasteiger partial charge in [0.15, 0.2) is 11.7 Å². The Kier molecular flexibility index (Phi) is 5.65. The first kappa shape index (κ1) is 18.1. The molecule has 6 nitrogen and oxygen atoms in total. The van der Waals surface area contributed by atoms with Gasteiger partial charge in [-0.2, -0.15) is 0 Å². The molecule has 1 aromatic heterocycles. The highest BCUT2D eigenvalue weighted by molar-refractivity contribution is 5.77. The average molecular weight is 359 g/mol. The smallest absolute Gasteiger partial charge is 0.223 e. The lowest BCUT2D eigenvalue weighted by Crippen LogP contribution is -2.36. The minimum absolute atomic E-state index is 0.0149. The average Bonchev–Trinajstić information content (AvgIpc) is 2.94. The second-order valence-electron chi connectivity index (χ2n) is 6.34. The Morgan fingerprint density at radius 3 is 2.65 bits per heavy atom. The maximum atomic E-state index is 13.8. The van der Waals surface area contributed by atoms with Crippen LogP contribution in [0.4, 0.5) is 4.39 Å². The van der Waals surface area contributed by atoms with Crippen LogP contribution in [0.5, 0.6) is 0 Å². The number of hydrogen-bond donors (Lipinski definition) is 0. The zero-order chi connectivity index (χ0) is 18.5. The molecule has 138 valence electrons. The minimum atomic E-state index is -0.370. The van der Waals surface area contributed by atoms with Gasteiger partial charge in [0.1, 0.15) is 5.82 Å². The summed E-state index contributed by atoms with van der Waals surface area (Å²) in [6.07, 6.45) is 2.90. The number of rotatable bonds is 4. The van der Waals surface area contributed by atoms with Gasteiger partial charge < -0.3 is 14.2 Å². The number of carbonyl (C=O) groups excluding carboxylic acids is 2. The summed E-state index contributed by atoms with van der Waals surface area (Å²) in [6.45, 7) is 3.99. The van der Waals surface area contributed by atoms with E-state index in [1.165, 1.54) is 12.3 Å². The first-order chi connectivity index (χ1) is 12.5. The molecule has 2 aromatic rings. The number of halogens is 1. The first-order valence-electron chi connectivity index (χ1n) is 8.77. The number of amides is 2. The zero-order valence-corrected chi connectivity index (χ0v) is 14.8. The van der Waals surface area contributed by atoms with Crippen LogP contribution in [0.25, 0.3) is 11.3 Å². The van der Waals surface area contributed by atoms with E-state index in [0.717, 1.165) is 6.42 Å². The van der Waals surface area contributed by atoms with Crippen molar-refractivity contribution in [3.8, 4) is 11.3 Å². The van der Waals surface area contributed by atoms with Crippen LogP contribution < -0.4 is 0 Å². The predicted octanol–water partition coefficient (Wildman–Crippen LogP) is 2.49. The fraction of sp³-hybridized carbons (Fsp3) is 0.421. The van der Waals surface area contributed by atoms with Crippen molar-refractivity contribution in [1.82, 2.24) is 14.8 Å². The van der Waals surface area contributed by atoms with Gasteiger partial charge in [0.25, 0.3) is 0 Å². The fourth-order valence-corrected chi connectivity index (χ4v) is 3.07. The maximum Gasteiger partial charge on any atom is 0.223 e. The van der Waals surface area contributed by atoms with Crippen molar-refractivity contribution in [2.75, 3.05) is 26.2 Å². The molecule has 0 saturated carbocycles. The topological polar surface area (TPSA) is 66.7 Å². The van der Waals surface area contributed by atoms with Crippen molar-refractivity contribution in [2.24, 2.45) is 0 Å². The summed E-state index contributed by atoms with van der Waals surface area (Å²) in [5, 5.41) is 0. The number of hydrogen-bond acceptors (Lipinski definition) is 4. The van der Waals surface area contributed by atoms with Gasteiger partial charge in [-0.1, -0.05) is 12.1 Å². The van der Waals surface area contributed by atoms with Gasteiger partial charge in [0, 0.05) is 45.9 Å². The van der Waals surface area contributed by atoms with Gasteiger partial charge in [-0.25, -0.2) is 9.37 Å². The van der Waals surface area contributed by atoms with Gasteiger partial charge >= 0.3 is 0 Å². The van der Waals surface area contributed by atoms with E-state index >= 15 is 0 Å². The van der Waals surface area contributed by atoms with Crippen LogP contribution in [0.3, 0.4) is 0 Å². The Morgan fingerprint density at radius 2 is 1.88 bits per heavy atom. The summed E-state index contributed by atoms with van der Waals surface area (Å²) >= 11 is 0. The highest BCUT2D eigenvalue weighted by Crippen LogP contribution is 2.23. The van der Waals surface area contributed by atoms with Crippen molar-refractivity contribution in [3.05, 3.63) is 42.2 Å². The van der Waals surface area contributed by atoms with Crippen LogP contribution >= 0.6 is 0 Å². The summed E-state index contributed by atoms with van der Waals surface area (Å²) in [6, 6.07) is 6.34. The standard InChI is InChI=1S/C19H22FN3O3/c1-14(24)22-9-4-10-23(12-11-22)19(25)8-7-18-21-13-17(26-18)15-5-2-3-6-16(15)20/h2-3,5-6,13H,4,7-12H2,1H3. The molecule has 0 bridgehead atoms. The van der Waals surface area contributed by atoms with Gasteiger partial charge in [-0.05, 0) is 18.6 Å². The fourth-order valence-electron chi connectivity index (χ4n) is 3.07. The largest absolute Gasteiger partial charge is 0.441 e. The van der Waals surface area contributed by atoms with E-state index in [1.54, 1.807) is 34.9 Å². The molecule has 0 radical (unpaired) electrons. The normalized spacial score (nSPS) is 15.0. The number of oxazole rings is 1. The Hall–Kier alpha value is -2.70. The lowest BCUT2D eigenvalue weighted by Gasteiger charge is -2.21. The van der Waals surface area contributed by atoms with Crippen molar-refractivity contribution in [1.29, 1.82) is 0 Å². The van der Waals surface area contributed by atoms with Gasteiger partial charge in [0.2, 0.25) is 11.8 Å². The molecule has 0 atom stereocenters. The summed E-state index contributed by atoms with van der Waals surface area (Å²) < 4.78 is 19.4. The van der Waals surface area contributed by atoms with E-state index in [2.05, 4.69) is 4.98 Å². The summed E-state index contributed by atoms with van der Waals surface area (Å²) in [5.74, 6) is 0.459. The van der Waals surface area contributed by atoms with Crippen LogP contribution in [0.2, 0.25) is 0 Å². The molecule has 0 aliphatic carbocycles. The molecule has 3 rings (SSSR count).